The van der Waals surface area contributed by atoms with E-state index in [0.717, 1.165) is 22.1 Å². The first-order valence-corrected chi connectivity index (χ1v) is 6.61. The summed E-state index contributed by atoms with van der Waals surface area (Å²) in [5.41, 5.74) is 2.81. The molecule has 0 aliphatic heterocycles. The summed E-state index contributed by atoms with van der Waals surface area (Å²) in [5.74, 6) is -0.676. The zero-order valence-electron chi connectivity index (χ0n) is 11.2. The molecule has 0 unspecified atom stereocenters. The van der Waals surface area contributed by atoms with Crippen LogP contribution in [-0.2, 0) is 9.53 Å². The summed E-state index contributed by atoms with van der Waals surface area (Å²) in [4.78, 5) is 11.7. The lowest BCUT2D eigenvalue weighted by molar-refractivity contribution is -0.144. The minimum Gasteiger partial charge on any atom is -0.469 e. The van der Waals surface area contributed by atoms with Crippen LogP contribution in [0.25, 0.3) is 16.5 Å². The molecule has 2 atom stereocenters. The molecule has 0 saturated heterocycles. The minimum absolute atomic E-state index is 0.300. The summed E-state index contributed by atoms with van der Waals surface area (Å²) >= 11 is 0. The van der Waals surface area contributed by atoms with E-state index in [1.165, 1.54) is 7.11 Å². The molecule has 0 spiro atoms. The van der Waals surface area contributed by atoms with Gasteiger partial charge in [-0.25, -0.2) is 0 Å². The fourth-order valence-corrected chi connectivity index (χ4v) is 2.71. The maximum absolute atomic E-state index is 11.7. The van der Waals surface area contributed by atoms with Gasteiger partial charge in [0.05, 0.1) is 25.4 Å². The molecule has 0 amide bonds. The highest BCUT2D eigenvalue weighted by Gasteiger charge is 2.27. The van der Waals surface area contributed by atoms with Crippen LogP contribution in [0.2, 0.25) is 0 Å². The van der Waals surface area contributed by atoms with Crippen LogP contribution in [0.4, 0.5) is 0 Å². The van der Waals surface area contributed by atoms with Gasteiger partial charge in [0.25, 0.3) is 0 Å². The molecule has 1 heterocycles. The molecule has 1 N–H and O–H groups in total. The fraction of sp³-hybridized carbons (Fsp3) is 0.312. The van der Waals surface area contributed by atoms with Gasteiger partial charge < -0.3 is 14.3 Å². The highest BCUT2D eigenvalue weighted by molar-refractivity contribution is 5.84. The van der Waals surface area contributed by atoms with Gasteiger partial charge in [-0.2, -0.15) is 0 Å². The molecule has 1 aromatic heterocycles. The van der Waals surface area contributed by atoms with Crippen LogP contribution in [0.5, 0.6) is 0 Å². The number of hydrogen-bond acceptors (Lipinski definition) is 4. The second kappa shape index (κ2) is 5.13. The van der Waals surface area contributed by atoms with E-state index in [1.807, 2.05) is 30.3 Å². The zero-order valence-corrected chi connectivity index (χ0v) is 11.2. The van der Waals surface area contributed by atoms with Gasteiger partial charge >= 0.3 is 5.97 Å². The second-order valence-electron chi connectivity index (χ2n) is 5.09. The quantitative estimate of drug-likeness (QED) is 0.854. The largest absolute Gasteiger partial charge is 0.469 e. The Morgan fingerprint density at radius 2 is 2.25 bits per heavy atom. The lowest BCUT2D eigenvalue weighted by Crippen LogP contribution is -2.25. The molecule has 20 heavy (non-hydrogen) atoms. The summed E-state index contributed by atoms with van der Waals surface area (Å²) in [7, 11) is 1.37. The van der Waals surface area contributed by atoms with Crippen LogP contribution in [0.3, 0.4) is 0 Å². The number of aliphatic hydroxyl groups excluding tert-OH is 1. The fourth-order valence-electron chi connectivity index (χ4n) is 2.71. The van der Waals surface area contributed by atoms with Crippen molar-refractivity contribution in [2.75, 3.05) is 7.11 Å². The highest BCUT2D eigenvalue weighted by atomic mass is 16.5. The normalized spacial score (nSPS) is 22.6. The first-order valence-electron chi connectivity index (χ1n) is 6.61. The van der Waals surface area contributed by atoms with Crippen molar-refractivity contribution < 1.29 is 19.1 Å². The van der Waals surface area contributed by atoms with Crippen LogP contribution >= 0.6 is 0 Å². The number of aliphatic hydroxyl groups is 1. The molecule has 1 aliphatic rings. The van der Waals surface area contributed by atoms with Crippen molar-refractivity contribution in [2.24, 2.45) is 5.92 Å². The molecule has 0 fully saturated rings. The molecule has 2 aromatic rings. The summed E-state index contributed by atoms with van der Waals surface area (Å²) in [6.07, 6.45) is 4.01. The molecule has 0 bridgehead atoms. The van der Waals surface area contributed by atoms with Crippen molar-refractivity contribution >= 4 is 22.5 Å². The Labute approximate surface area is 116 Å². The number of ether oxygens (including phenoxy) is 1. The first kappa shape index (κ1) is 12.9. The van der Waals surface area contributed by atoms with Crippen LogP contribution in [0.1, 0.15) is 18.4 Å². The van der Waals surface area contributed by atoms with Crippen molar-refractivity contribution in [3.8, 4) is 0 Å². The third-order valence-corrected chi connectivity index (χ3v) is 3.71. The maximum Gasteiger partial charge on any atom is 0.312 e. The molecule has 0 saturated carbocycles. The molecular weight excluding hydrogens is 256 g/mol. The van der Waals surface area contributed by atoms with Crippen molar-refractivity contribution in [3.63, 3.8) is 0 Å². The standard InChI is InChI=1S/C16H16O4/c1-19-16(18)13-7-12(8-14(17)9-13)10-2-3-15-11(6-10)4-5-20-15/h2-7,13-14,17H,8-9H2,1H3/t13-,14+/m1/s1. The number of fused-ring (bicyclic) bond motifs is 1. The van der Waals surface area contributed by atoms with Gasteiger partial charge in [0, 0.05) is 5.39 Å². The van der Waals surface area contributed by atoms with Crippen molar-refractivity contribution in [1.82, 2.24) is 0 Å². The van der Waals surface area contributed by atoms with Crippen molar-refractivity contribution in [3.05, 3.63) is 42.2 Å². The van der Waals surface area contributed by atoms with E-state index in [9.17, 15) is 9.90 Å². The Morgan fingerprint density at radius 1 is 1.40 bits per heavy atom. The lowest BCUT2D eigenvalue weighted by Gasteiger charge is -2.24. The highest BCUT2D eigenvalue weighted by Crippen LogP contribution is 2.32. The van der Waals surface area contributed by atoms with Crippen LogP contribution in [0, 0.1) is 5.92 Å². The Hall–Kier alpha value is -2.07. The molecule has 0 radical (unpaired) electrons. The number of benzene rings is 1. The predicted molar refractivity (Wildman–Crippen MR) is 74.9 cm³/mol. The van der Waals surface area contributed by atoms with Gasteiger partial charge in [-0.05, 0) is 42.2 Å². The minimum atomic E-state index is -0.515. The molecular formula is C16H16O4. The van der Waals surface area contributed by atoms with Gasteiger partial charge in [-0.3, -0.25) is 4.79 Å². The van der Waals surface area contributed by atoms with Crippen LogP contribution in [0.15, 0.2) is 41.0 Å². The van der Waals surface area contributed by atoms with Gasteiger partial charge in [-0.15, -0.1) is 0 Å². The average Bonchev–Trinajstić information content (AvgIpc) is 2.93. The average molecular weight is 272 g/mol. The molecule has 4 heteroatoms. The van der Waals surface area contributed by atoms with E-state index in [-0.39, 0.29) is 11.9 Å². The van der Waals surface area contributed by atoms with E-state index >= 15 is 0 Å². The Morgan fingerprint density at radius 3 is 3.05 bits per heavy atom. The summed E-state index contributed by atoms with van der Waals surface area (Å²) < 4.78 is 10.1. The molecule has 3 rings (SSSR count). The summed E-state index contributed by atoms with van der Waals surface area (Å²) in [6.45, 7) is 0. The number of carbonyl (C=O) groups is 1. The number of rotatable bonds is 2. The zero-order chi connectivity index (χ0) is 14.1. The Balaban J connectivity index is 1.98. The van der Waals surface area contributed by atoms with E-state index < -0.39 is 6.10 Å². The van der Waals surface area contributed by atoms with Gasteiger partial charge in [0.1, 0.15) is 5.58 Å². The van der Waals surface area contributed by atoms with E-state index in [4.69, 9.17) is 9.15 Å². The maximum atomic E-state index is 11.7. The monoisotopic (exact) mass is 272 g/mol. The Kier molecular flexibility index (Phi) is 3.32. The smallest absolute Gasteiger partial charge is 0.312 e. The van der Waals surface area contributed by atoms with E-state index in [1.54, 1.807) is 6.26 Å². The van der Waals surface area contributed by atoms with E-state index in [2.05, 4.69) is 0 Å². The van der Waals surface area contributed by atoms with Crippen LogP contribution < -0.4 is 0 Å². The van der Waals surface area contributed by atoms with E-state index in [0.29, 0.717) is 12.8 Å². The number of esters is 1. The second-order valence-corrected chi connectivity index (χ2v) is 5.09. The molecule has 104 valence electrons. The number of methoxy groups -OCH3 is 1. The number of carbonyl (C=O) groups excluding carboxylic acids is 1. The summed E-state index contributed by atoms with van der Waals surface area (Å²) in [6, 6.07) is 7.76. The molecule has 1 aliphatic carbocycles. The van der Waals surface area contributed by atoms with Crippen LogP contribution in [-0.4, -0.2) is 24.3 Å². The van der Waals surface area contributed by atoms with Crippen molar-refractivity contribution in [2.45, 2.75) is 18.9 Å². The van der Waals surface area contributed by atoms with Crippen molar-refractivity contribution in [1.29, 1.82) is 0 Å². The lowest BCUT2D eigenvalue weighted by atomic mass is 9.85. The molecule has 4 nitrogen and oxygen atoms in total. The van der Waals surface area contributed by atoms with Gasteiger partial charge in [-0.1, -0.05) is 12.1 Å². The predicted octanol–water partition coefficient (Wildman–Crippen LogP) is 2.76. The number of furan rings is 1. The number of hydrogen-bond donors (Lipinski definition) is 1. The van der Waals surface area contributed by atoms with Gasteiger partial charge in [0.15, 0.2) is 0 Å². The third-order valence-electron chi connectivity index (χ3n) is 3.71. The molecule has 1 aromatic carbocycles. The first-order chi connectivity index (χ1) is 9.67. The Bertz CT molecular complexity index is 668. The van der Waals surface area contributed by atoms with Gasteiger partial charge in [0.2, 0.25) is 0 Å². The third kappa shape index (κ3) is 2.34. The SMILES string of the molecule is COC(=O)[C@@H]1C=C(c2ccc3occc3c2)C[C@H](O)C1. The summed E-state index contributed by atoms with van der Waals surface area (Å²) in [5, 5.41) is 11.0. The topological polar surface area (TPSA) is 59.7 Å².